The second-order valence-electron chi connectivity index (χ2n) is 3.58. The lowest BCUT2D eigenvalue weighted by molar-refractivity contribution is -0.287. The van der Waals surface area contributed by atoms with Crippen molar-refractivity contribution >= 4 is 22.6 Å². The lowest BCUT2D eigenvalue weighted by Crippen LogP contribution is -2.21. The molecule has 126 valence electrons. The first-order chi connectivity index (χ1) is 10.5. The number of nitriles is 1. The first kappa shape index (κ1) is 18.8. The molecule has 1 aromatic carbocycles. The summed E-state index contributed by atoms with van der Waals surface area (Å²) in [5.74, 6) is -2.39. The van der Waals surface area contributed by atoms with E-state index in [9.17, 15) is 26.3 Å². The number of hydrogen-bond acceptors (Lipinski definition) is 5. The minimum absolute atomic E-state index is 0.0231. The highest BCUT2D eigenvalue weighted by Gasteiger charge is 2.36. The van der Waals surface area contributed by atoms with Gasteiger partial charge in [-0.25, -0.2) is 4.99 Å². The summed E-state index contributed by atoms with van der Waals surface area (Å²) in [6.45, 7) is 0. The fraction of sp³-hybridized carbons (Fsp3) is 0.273. The quantitative estimate of drug-likeness (QED) is 0.291. The minimum atomic E-state index is -5.22. The number of alkyl halides is 6. The van der Waals surface area contributed by atoms with Crippen molar-refractivity contribution < 1.29 is 35.8 Å². The molecule has 0 bridgehead atoms. The van der Waals surface area contributed by atoms with Gasteiger partial charge in [-0.2, -0.15) is 5.26 Å². The van der Waals surface area contributed by atoms with Crippen molar-refractivity contribution in [3.8, 4) is 17.7 Å². The van der Waals surface area contributed by atoms with Gasteiger partial charge in [0, 0.05) is 6.07 Å². The zero-order chi connectivity index (χ0) is 17.7. The van der Waals surface area contributed by atoms with Gasteiger partial charge in [0.1, 0.15) is 0 Å². The molecule has 0 aliphatic carbocycles. The molecule has 0 spiro atoms. The highest BCUT2D eigenvalue weighted by molar-refractivity contribution is 8.13. The molecule has 5 nitrogen and oxygen atoms in total. The van der Waals surface area contributed by atoms with Crippen LogP contribution in [0.2, 0.25) is 0 Å². The number of nitrogens with zero attached hydrogens (tertiary/aromatic N) is 2. The molecule has 0 amide bonds. The number of halogens is 6. The molecule has 1 rings (SSSR count). The first-order valence-corrected chi connectivity index (χ1v) is 6.70. The van der Waals surface area contributed by atoms with Crippen LogP contribution in [0.3, 0.4) is 0 Å². The fourth-order valence-corrected chi connectivity index (χ4v) is 1.61. The predicted octanol–water partition coefficient (Wildman–Crippen LogP) is 3.90. The molecule has 1 aromatic rings. The Bertz CT molecular complexity index is 624. The lowest BCUT2D eigenvalue weighted by Gasteiger charge is -2.15. The van der Waals surface area contributed by atoms with Crippen molar-refractivity contribution in [1.29, 1.82) is 5.26 Å². The van der Waals surface area contributed by atoms with Crippen LogP contribution in [0.5, 0.6) is 11.5 Å². The summed E-state index contributed by atoms with van der Waals surface area (Å²) in [6.07, 6.45) is -7.34. The number of ether oxygens (including phenoxy) is 2. The van der Waals surface area contributed by atoms with E-state index in [4.69, 9.17) is 5.26 Å². The van der Waals surface area contributed by atoms with Crippen LogP contribution < -0.4 is 14.8 Å². The van der Waals surface area contributed by atoms with Gasteiger partial charge in [-0.3, -0.25) is 5.32 Å². The molecule has 12 heteroatoms. The summed E-state index contributed by atoms with van der Waals surface area (Å²) in [6, 6.07) is 2.20. The number of hydrogen-bond donors (Lipinski definition) is 1. The minimum Gasteiger partial charge on any atom is -0.402 e. The molecular weight excluding hydrogens is 352 g/mol. The molecule has 23 heavy (non-hydrogen) atoms. The predicted molar refractivity (Wildman–Crippen MR) is 69.2 cm³/mol. The van der Waals surface area contributed by atoms with Crippen LogP contribution in [0.15, 0.2) is 23.2 Å². The fourth-order valence-electron chi connectivity index (χ4n) is 1.27. The zero-order valence-electron chi connectivity index (χ0n) is 11.1. The van der Waals surface area contributed by atoms with Crippen molar-refractivity contribution in [2.24, 2.45) is 4.99 Å². The standard InChI is InChI=1S/C11H7F6N3O2S/c1-23-9(19-5-18)20-6-2-3-7(21-10(12,13)14)8(4-6)22-11(15,16)17/h2-4H,1H3,(H,19,20). The van der Waals surface area contributed by atoms with E-state index in [-0.39, 0.29) is 10.9 Å². The van der Waals surface area contributed by atoms with E-state index in [2.05, 4.69) is 19.8 Å². The number of aliphatic imine (C=N–C) groups is 1. The van der Waals surface area contributed by atoms with Gasteiger partial charge in [-0.05, 0) is 18.4 Å². The van der Waals surface area contributed by atoms with Crippen LogP contribution in [0, 0.1) is 11.5 Å². The smallest absolute Gasteiger partial charge is 0.402 e. The number of nitrogens with one attached hydrogen (secondary N) is 1. The van der Waals surface area contributed by atoms with Gasteiger partial charge in [-0.1, -0.05) is 11.8 Å². The summed E-state index contributed by atoms with van der Waals surface area (Å²) in [5, 5.41) is 10.6. The van der Waals surface area contributed by atoms with Crippen LogP contribution in [-0.2, 0) is 0 Å². The van der Waals surface area contributed by atoms with Crippen LogP contribution in [0.25, 0.3) is 0 Å². The van der Waals surface area contributed by atoms with Crippen molar-refractivity contribution in [1.82, 2.24) is 5.32 Å². The molecule has 0 unspecified atom stereocenters. The molecule has 0 radical (unpaired) electrons. The molecule has 0 atom stereocenters. The average Bonchev–Trinajstić information content (AvgIpc) is 2.38. The molecule has 0 aliphatic rings. The second-order valence-corrected chi connectivity index (χ2v) is 4.38. The summed E-state index contributed by atoms with van der Waals surface area (Å²) < 4.78 is 80.4. The Morgan fingerprint density at radius 2 is 1.70 bits per heavy atom. The lowest BCUT2D eigenvalue weighted by atomic mass is 10.3. The Hall–Kier alpha value is -2.29. The van der Waals surface area contributed by atoms with Gasteiger partial charge in [0.05, 0.1) is 5.69 Å². The Morgan fingerprint density at radius 1 is 1.13 bits per heavy atom. The van der Waals surface area contributed by atoms with E-state index in [1.165, 1.54) is 6.26 Å². The van der Waals surface area contributed by atoms with Crippen LogP contribution in [0.1, 0.15) is 0 Å². The molecule has 0 saturated heterocycles. The van der Waals surface area contributed by atoms with Gasteiger partial charge >= 0.3 is 12.7 Å². The Kier molecular flexibility index (Phi) is 5.97. The molecular formula is C11H7F6N3O2S. The molecule has 0 heterocycles. The maximum atomic E-state index is 12.3. The summed E-state index contributed by atoms with van der Waals surface area (Å²) in [5.41, 5.74) is -0.175. The van der Waals surface area contributed by atoms with Crippen molar-refractivity contribution in [2.75, 3.05) is 6.26 Å². The number of thioether (sulfide) groups is 1. The van der Waals surface area contributed by atoms with E-state index in [0.717, 1.165) is 17.8 Å². The third-order valence-electron chi connectivity index (χ3n) is 1.97. The van der Waals surface area contributed by atoms with E-state index in [0.29, 0.717) is 12.1 Å². The van der Waals surface area contributed by atoms with Crippen molar-refractivity contribution in [2.45, 2.75) is 12.7 Å². The molecule has 0 aliphatic heterocycles. The van der Waals surface area contributed by atoms with E-state index in [1.54, 1.807) is 6.19 Å². The maximum absolute atomic E-state index is 12.3. The van der Waals surface area contributed by atoms with Gasteiger partial charge in [-0.15, -0.1) is 26.3 Å². The van der Waals surface area contributed by atoms with E-state index >= 15 is 0 Å². The highest BCUT2D eigenvalue weighted by atomic mass is 32.2. The van der Waals surface area contributed by atoms with Crippen molar-refractivity contribution in [3.05, 3.63) is 18.2 Å². The Morgan fingerprint density at radius 3 is 2.17 bits per heavy atom. The van der Waals surface area contributed by atoms with E-state index < -0.39 is 24.2 Å². The third kappa shape index (κ3) is 7.00. The Balaban J connectivity index is 3.23. The zero-order valence-corrected chi connectivity index (χ0v) is 11.9. The molecule has 0 aromatic heterocycles. The summed E-state index contributed by atoms with van der Waals surface area (Å²) >= 11 is 0.965. The number of benzene rings is 1. The number of amidine groups is 1. The van der Waals surface area contributed by atoms with Crippen LogP contribution >= 0.6 is 11.8 Å². The van der Waals surface area contributed by atoms with Gasteiger partial charge < -0.3 is 9.47 Å². The largest absolute Gasteiger partial charge is 0.573 e. The summed E-state index contributed by atoms with van der Waals surface area (Å²) in [7, 11) is 0. The molecule has 1 N–H and O–H groups in total. The third-order valence-corrected chi connectivity index (χ3v) is 2.55. The second kappa shape index (κ2) is 7.32. The topological polar surface area (TPSA) is 66.6 Å². The van der Waals surface area contributed by atoms with Gasteiger partial charge in [0.2, 0.25) is 0 Å². The van der Waals surface area contributed by atoms with Gasteiger partial charge in [0.25, 0.3) is 0 Å². The number of rotatable bonds is 3. The Labute approximate surface area is 129 Å². The van der Waals surface area contributed by atoms with Crippen LogP contribution in [-0.4, -0.2) is 24.1 Å². The first-order valence-electron chi connectivity index (χ1n) is 5.47. The van der Waals surface area contributed by atoms with Crippen molar-refractivity contribution in [3.63, 3.8) is 0 Å². The van der Waals surface area contributed by atoms with Gasteiger partial charge in [0.15, 0.2) is 22.9 Å². The monoisotopic (exact) mass is 359 g/mol. The maximum Gasteiger partial charge on any atom is 0.573 e. The molecule has 0 saturated carbocycles. The summed E-state index contributed by atoms with van der Waals surface area (Å²) in [4.78, 5) is 3.76. The SMILES string of the molecule is CSC(=Nc1ccc(OC(F)(F)F)c(OC(F)(F)F)c1)NC#N. The normalized spacial score (nSPS) is 12.5. The molecule has 0 fully saturated rings. The highest BCUT2D eigenvalue weighted by Crippen LogP contribution is 2.38. The van der Waals surface area contributed by atoms with Crippen LogP contribution in [0.4, 0.5) is 32.0 Å². The van der Waals surface area contributed by atoms with E-state index in [1.807, 2.05) is 0 Å². The average molecular weight is 359 g/mol.